The van der Waals surface area contributed by atoms with Gasteiger partial charge in [0.15, 0.2) is 0 Å². The molecule has 1 aliphatic heterocycles. The van der Waals surface area contributed by atoms with Gasteiger partial charge in [-0.05, 0) is 12.1 Å². The molecule has 1 fully saturated rings. The highest BCUT2D eigenvalue weighted by Gasteiger charge is 2.26. The summed E-state index contributed by atoms with van der Waals surface area (Å²) in [5.74, 6) is -1.68. The molecule has 2 rings (SSSR count). The molecule has 25 heavy (non-hydrogen) atoms. The fraction of sp³-hybridized carbons (Fsp3) is 0.400. The average molecular weight is 411 g/mol. The summed E-state index contributed by atoms with van der Waals surface area (Å²) in [5, 5.41) is 11.4. The summed E-state index contributed by atoms with van der Waals surface area (Å²) in [6.45, 7) is 1.59. The smallest absolute Gasteiger partial charge is 0.322 e. The number of carboxylic acid groups (broad SMARTS) is 1. The van der Waals surface area contributed by atoms with Gasteiger partial charge in [-0.25, -0.2) is 0 Å². The molecule has 1 aromatic carbocycles. The van der Waals surface area contributed by atoms with E-state index in [1.165, 1.54) is 0 Å². The van der Waals surface area contributed by atoms with E-state index in [1.54, 1.807) is 23.1 Å². The largest absolute Gasteiger partial charge is 0.480 e. The van der Waals surface area contributed by atoms with E-state index in [4.69, 9.17) is 28.3 Å². The zero-order valence-corrected chi connectivity index (χ0v) is 15.5. The van der Waals surface area contributed by atoms with Crippen molar-refractivity contribution in [2.24, 2.45) is 0 Å². The molecule has 0 bridgehead atoms. The average Bonchev–Trinajstić information content (AvgIpc) is 2.53. The summed E-state index contributed by atoms with van der Waals surface area (Å²) < 4.78 is 0. The molecule has 0 saturated carbocycles. The van der Waals surface area contributed by atoms with Crippen LogP contribution in [0.1, 0.15) is 10.4 Å². The molecular formula is C15H18Cl3N3O4. The first-order valence-electron chi connectivity index (χ1n) is 7.32. The highest BCUT2D eigenvalue weighted by atomic mass is 35.5. The van der Waals surface area contributed by atoms with Crippen LogP contribution in [0.4, 0.5) is 0 Å². The van der Waals surface area contributed by atoms with Crippen LogP contribution in [0, 0.1) is 0 Å². The number of halogens is 3. The van der Waals surface area contributed by atoms with Crippen molar-refractivity contribution >= 4 is 53.4 Å². The van der Waals surface area contributed by atoms with Crippen LogP contribution < -0.4 is 5.32 Å². The van der Waals surface area contributed by atoms with Crippen LogP contribution >= 0.6 is 35.6 Å². The molecule has 7 nitrogen and oxygen atoms in total. The number of carbonyl (C=O) groups excluding carboxylic acids is 2. The molecule has 0 spiro atoms. The summed E-state index contributed by atoms with van der Waals surface area (Å²) in [5.41, 5.74) is 0.286. The van der Waals surface area contributed by atoms with Gasteiger partial charge in [0, 0.05) is 26.2 Å². The fourth-order valence-electron chi connectivity index (χ4n) is 2.40. The Morgan fingerprint density at radius 2 is 1.64 bits per heavy atom. The number of carboxylic acids is 1. The van der Waals surface area contributed by atoms with Crippen LogP contribution in [0.3, 0.4) is 0 Å². The lowest BCUT2D eigenvalue weighted by Crippen LogP contribution is -2.51. The number of nitrogens with one attached hydrogen (secondary N) is 1. The molecule has 1 heterocycles. The van der Waals surface area contributed by atoms with Crippen molar-refractivity contribution in [3.63, 3.8) is 0 Å². The molecule has 2 N–H and O–H groups in total. The molecule has 0 atom stereocenters. The first-order valence-corrected chi connectivity index (χ1v) is 8.08. The van der Waals surface area contributed by atoms with Crippen LogP contribution in [0.2, 0.25) is 10.0 Å². The normalized spacial score (nSPS) is 14.6. The Balaban J connectivity index is 0.00000312. The second-order valence-corrected chi connectivity index (χ2v) is 6.15. The van der Waals surface area contributed by atoms with Gasteiger partial charge in [-0.3, -0.25) is 19.3 Å². The molecule has 0 aromatic heterocycles. The number of benzene rings is 1. The maximum Gasteiger partial charge on any atom is 0.322 e. The number of nitrogens with zero attached hydrogens (tertiary/aromatic N) is 2. The van der Waals surface area contributed by atoms with Gasteiger partial charge >= 0.3 is 5.97 Å². The van der Waals surface area contributed by atoms with Crippen LogP contribution in [0.15, 0.2) is 18.2 Å². The quantitative estimate of drug-likeness (QED) is 0.765. The van der Waals surface area contributed by atoms with Crippen molar-refractivity contribution in [3.8, 4) is 0 Å². The summed E-state index contributed by atoms with van der Waals surface area (Å²) in [7, 11) is 0. The summed E-state index contributed by atoms with van der Waals surface area (Å²) >= 11 is 12.1. The van der Waals surface area contributed by atoms with E-state index >= 15 is 0 Å². The summed E-state index contributed by atoms with van der Waals surface area (Å²) in [6.07, 6.45) is 0. The highest BCUT2D eigenvalue weighted by Crippen LogP contribution is 2.26. The Hall–Kier alpha value is -1.54. The number of carbonyl (C=O) groups is 3. The van der Waals surface area contributed by atoms with E-state index in [0.29, 0.717) is 36.2 Å². The lowest BCUT2D eigenvalue weighted by Gasteiger charge is -2.34. The third-order valence-corrected chi connectivity index (χ3v) is 4.27. The maximum atomic E-state index is 12.5. The first kappa shape index (κ1) is 21.5. The Bertz CT molecular complexity index is 629. The molecular weight excluding hydrogens is 393 g/mol. The molecule has 138 valence electrons. The topological polar surface area (TPSA) is 89.9 Å². The number of hydrogen-bond donors (Lipinski definition) is 2. The van der Waals surface area contributed by atoms with Crippen LogP contribution in [-0.4, -0.2) is 72.0 Å². The van der Waals surface area contributed by atoms with Crippen molar-refractivity contribution in [3.05, 3.63) is 33.8 Å². The molecule has 0 radical (unpaired) electrons. The number of amides is 2. The molecule has 1 aliphatic rings. The molecule has 2 amide bonds. The lowest BCUT2D eigenvalue weighted by atomic mass is 10.1. The van der Waals surface area contributed by atoms with E-state index in [9.17, 15) is 14.4 Å². The second kappa shape index (κ2) is 9.82. The number of rotatable bonds is 5. The molecule has 0 aliphatic carbocycles. The molecule has 0 unspecified atom stereocenters. The van der Waals surface area contributed by atoms with E-state index < -0.39 is 12.5 Å². The second-order valence-electron chi connectivity index (χ2n) is 5.34. The Labute approximate surface area is 161 Å². The molecule has 10 heteroatoms. The minimum atomic E-state index is -1.09. The predicted octanol–water partition coefficient (Wildman–Crippen LogP) is 1.37. The third-order valence-electron chi connectivity index (χ3n) is 3.64. The lowest BCUT2D eigenvalue weighted by molar-refractivity contribution is -0.138. The van der Waals surface area contributed by atoms with Crippen molar-refractivity contribution in [1.29, 1.82) is 0 Å². The van der Waals surface area contributed by atoms with Crippen LogP contribution in [-0.2, 0) is 9.59 Å². The molecule has 1 saturated heterocycles. The minimum absolute atomic E-state index is 0. The maximum absolute atomic E-state index is 12.5. The van der Waals surface area contributed by atoms with Gasteiger partial charge in [-0.1, -0.05) is 29.3 Å². The van der Waals surface area contributed by atoms with Crippen molar-refractivity contribution in [2.75, 3.05) is 39.3 Å². The SMILES string of the molecule is Cl.O=C(O)CNC(=O)CN1CCN(C(=O)c2c(Cl)cccc2Cl)CC1. The van der Waals surface area contributed by atoms with Crippen LogP contribution in [0.5, 0.6) is 0 Å². The Morgan fingerprint density at radius 3 is 2.16 bits per heavy atom. The first-order chi connectivity index (χ1) is 11.4. The number of hydrogen-bond acceptors (Lipinski definition) is 4. The van der Waals surface area contributed by atoms with Gasteiger partial charge in [0.1, 0.15) is 6.54 Å². The van der Waals surface area contributed by atoms with Gasteiger partial charge in [-0.15, -0.1) is 12.4 Å². The third kappa shape index (κ3) is 6.04. The Kier molecular flexibility index (Phi) is 8.44. The summed E-state index contributed by atoms with van der Waals surface area (Å²) in [6, 6.07) is 4.91. The summed E-state index contributed by atoms with van der Waals surface area (Å²) in [4.78, 5) is 38.1. The van der Waals surface area contributed by atoms with Crippen molar-refractivity contribution < 1.29 is 19.5 Å². The van der Waals surface area contributed by atoms with E-state index in [0.717, 1.165) is 0 Å². The van der Waals surface area contributed by atoms with E-state index in [-0.39, 0.29) is 36.3 Å². The molecule has 1 aromatic rings. The highest BCUT2D eigenvalue weighted by molar-refractivity contribution is 6.39. The van der Waals surface area contributed by atoms with E-state index in [1.807, 2.05) is 4.90 Å². The van der Waals surface area contributed by atoms with Gasteiger partial charge < -0.3 is 15.3 Å². The van der Waals surface area contributed by atoms with E-state index in [2.05, 4.69) is 5.32 Å². The monoisotopic (exact) mass is 409 g/mol. The van der Waals surface area contributed by atoms with Crippen molar-refractivity contribution in [1.82, 2.24) is 15.1 Å². The van der Waals surface area contributed by atoms with Gasteiger partial charge in [0.05, 0.1) is 22.2 Å². The fourth-order valence-corrected chi connectivity index (χ4v) is 2.96. The minimum Gasteiger partial charge on any atom is -0.480 e. The zero-order chi connectivity index (χ0) is 17.7. The van der Waals surface area contributed by atoms with Crippen LogP contribution in [0.25, 0.3) is 0 Å². The number of piperazine rings is 1. The zero-order valence-electron chi connectivity index (χ0n) is 13.2. The number of aliphatic carboxylic acids is 1. The van der Waals surface area contributed by atoms with Crippen molar-refractivity contribution in [2.45, 2.75) is 0 Å². The standard InChI is InChI=1S/C15H17Cl2N3O4.ClH/c16-10-2-1-3-11(17)14(10)15(24)20-6-4-19(5-7-20)9-12(21)18-8-13(22)23;/h1-3H,4-9H2,(H,18,21)(H,22,23);1H. The predicted molar refractivity (Wildman–Crippen MR) is 96.7 cm³/mol. The Morgan fingerprint density at radius 1 is 1.08 bits per heavy atom. The van der Waals surface area contributed by atoms with Gasteiger partial charge in [0.25, 0.3) is 5.91 Å². The van der Waals surface area contributed by atoms with Gasteiger partial charge in [-0.2, -0.15) is 0 Å². The van der Waals surface area contributed by atoms with Gasteiger partial charge in [0.2, 0.25) is 5.91 Å².